The summed E-state index contributed by atoms with van der Waals surface area (Å²) in [5.74, 6) is 0.0234. The van der Waals surface area contributed by atoms with Crippen LogP contribution in [-0.2, 0) is 24.6 Å². The highest BCUT2D eigenvalue weighted by molar-refractivity contribution is 7.98. The van der Waals surface area contributed by atoms with E-state index < -0.39 is 17.2 Å². The van der Waals surface area contributed by atoms with Crippen molar-refractivity contribution in [3.63, 3.8) is 0 Å². The summed E-state index contributed by atoms with van der Waals surface area (Å²) in [6.07, 6.45) is 0. The first-order chi connectivity index (χ1) is 11.9. The van der Waals surface area contributed by atoms with E-state index >= 15 is 0 Å². The smallest absolute Gasteiger partial charge is 0.357 e. The molecule has 0 aliphatic carbocycles. The lowest BCUT2D eigenvalue weighted by atomic mass is 10.5. The Morgan fingerprint density at radius 3 is 2.80 bits per heavy atom. The molecule has 0 spiro atoms. The quantitative estimate of drug-likeness (QED) is 0.516. The number of ether oxygens (including phenoxy) is 1. The van der Waals surface area contributed by atoms with E-state index in [9.17, 15) is 14.4 Å². The molecule has 9 nitrogen and oxygen atoms in total. The minimum absolute atomic E-state index is 0.276. The Morgan fingerprint density at radius 2 is 2.08 bits per heavy atom. The van der Waals surface area contributed by atoms with Crippen molar-refractivity contribution >= 4 is 40.2 Å². The van der Waals surface area contributed by atoms with E-state index in [1.165, 1.54) is 34.7 Å². The lowest BCUT2D eigenvalue weighted by Gasteiger charge is -2.00. The third kappa shape index (κ3) is 3.24. The van der Waals surface area contributed by atoms with Gasteiger partial charge in [-0.1, -0.05) is 11.8 Å². The first-order valence-corrected chi connectivity index (χ1v) is 9.19. The van der Waals surface area contributed by atoms with Crippen molar-refractivity contribution < 1.29 is 9.53 Å². The molecule has 1 N–H and O–H groups in total. The van der Waals surface area contributed by atoms with E-state index in [1.807, 2.05) is 0 Å². The summed E-state index contributed by atoms with van der Waals surface area (Å²) in [5.41, 5.74) is 0.0135. The summed E-state index contributed by atoms with van der Waals surface area (Å²) < 4.78 is 7.25. The number of H-pyrrole nitrogens is 1. The molecule has 25 heavy (non-hydrogen) atoms. The zero-order valence-electron chi connectivity index (χ0n) is 13.7. The second-order valence-electron chi connectivity index (χ2n) is 5.08. The molecular weight excluding hydrogens is 366 g/mol. The number of esters is 1. The number of nitrogens with zero attached hydrogens (tertiary/aromatic N) is 4. The zero-order chi connectivity index (χ0) is 18.1. The van der Waals surface area contributed by atoms with Crippen molar-refractivity contribution in [2.75, 3.05) is 6.61 Å². The molecule has 0 saturated heterocycles. The highest BCUT2D eigenvalue weighted by atomic mass is 32.2. The number of rotatable bonds is 5. The molecular formula is C14H15N5O4S2. The molecule has 0 radical (unpaired) electrons. The summed E-state index contributed by atoms with van der Waals surface area (Å²) in [7, 11) is 2.98. The number of thioether (sulfide) groups is 1. The second kappa shape index (κ2) is 6.84. The number of aryl methyl sites for hydroxylation is 1. The third-order valence-corrected chi connectivity index (χ3v) is 5.36. The van der Waals surface area contributed by atoms with Gasteiger partial charge in [0.2, 0.25) is 0 Å². The van der Waals surface area contributed by atoms with E-state index in [1.54, 1.807) is 19.4 Å². The molecule has 0 atom stereocenters. The number of thiazole rings is 1. The molecule has 132 valence electrons. The van der Waals surface area contributed by atoms with Crippen LogP contribution < -0.4 is 11.2 Å². The van der Waals surface area contributed by atoms with Gasteiger partial charge in [-0.2, -0.15) is 0 Å². The number of aromatic amines is 1. The van der Waals surface area contributed by atoms with Crippen LogP contribution in [0.5, 0.6) is 0 Å². The fraction of sp³-hybridized carbons (Fsp3) is 0.357. The van der Waals surface area contributed by atoms with Gasteiger partial charge in [0, 0.05) is 19.5 Å². The summed E-state index contributed by atoms with van der Waals surface area (Å²) >= 11 is 2.68. The van der Waals surface area contributed by atoms with Crippen LogP contribution in [0, 0.1) is 0 Å². The number of carbonyl (C=O) groups is 1. The van der Waals surface area contributed by atoms with Crippen LogP contribution in [0.4, 0.5) is 0 Å². The highest BCUT2D eigenvalue weighted by Gasteiger charge is 2.15. The van der Waals surface area contributed by atoms with Gasteiger partial charge in [-0.3, -0.25) is 13.9 Å². The fourth-order valence-electron chi connectivity index (χ4n) is 2.18. The van der Waals surface area contributed by atoms with Gasteiger partial charge in [0.05, 0.1) is 12.4 Å². The van der Waals surface area contributed by atoms with Crippen molar-refractivity contribution in [1.82, 2.24) is 24.1 Å². The van der Waals surface area contributed by atoms with Crippen LogP contribution in [0.1, 0.15) is 22.4 Å². The fourth-order valence-corrected chi connectivity index (χ4v) is 3.83. The van der Waals surface area contributed by atoms with Gasteiger partial charge in [0.15, 0.2) is 22.0 Å². The standard InChI is InChI=1S/C14H15N5O4S2/c1-4-23-12(21)7-5-24-8(15-7)6-25-13-16-9-10(17-13)18(2)14(22)19(3)11(9)20/h5H,4,6H2,1-3H3,(H,16,17). The van der Waals surface area contributed by atoms with Gasteiger partial charge in [0.25, 0.3) is 5.56 Å². The zero-order valence-corrected chi connectivity index (χ0v) is 15.4. The molecule has 0 saturated carbocycles. The van der Waals surface area contributed by atoms with Gasteiger partial charge >= 0.3 is 11.7 Å². The third-order valence-electron chi connectivity index (χ3n) is 3.44. The molecule has 3 heterocycles. The Morgan fingerprint density at radius 1 is 1.32 bits per heavy atom. The Kier molecular flexibility index (Phi) is 4.77. The largest absolute Gasteiger partial charge is 0.461 e. The number of imidazole rings is 1. The lowest BCUT2D eigenvalue weighted by Crippen LogP contribution is -2.36. The molecule has 3 aromatic rings. The Balaban J connectivity index is 1.82. The normalized spacial score (nSPS) is 11.2. The number of fused-ring (bicyclic) bond motifs is 1. The first kappa shape index (κ1) is 17.4. The number of aromatic nitrogens is 5. The Hall–Kier alpha value is -2.40. The van der Waals surface area contributed by atoms with Crippen LogP contribution in [0.2, 0.25) is 0 Å². The first-order valence-electron chi connectivity index (χ1n) is 7.32. The Bertz CT molecular complexity index is 1060. The van der Waals surface area contributed by atoms with E-state index in [-0.39, 0.29) is 11.2 Å². The predicted octanol–water partition coefficient (Wildman–Crippen LogP) is 0.886. The molecule has 0 fully saturated rings. The summed E-state index contributed by atoms with van der Waals surface area (Å²) in [5, 5.41) is 2.88. The van der Waals surface area contributed by atoms with Gasteiger partial charge in [0.1, 0.15) is 5.01 Å². The number of hydrogen-bond donors (Lipinski definition) is 1. The number of hydrogen-bond acceptors (Lipinski definition) is 8. The van der Waals surface area contributed by atoms with Crippen molar-refractivity contribution in [2.24, 2.45) is 14.1 Å². The van der Waals surface area contributed by atoms with Gasteiger partial charge in [-0.05, 0) is 6.92 Å². The van der Waals surface area contributed by atoms with Crippen LogP contribution in [-0.4, -0.2) is 36.7 Å². The topological polar surface area (TPSA) is 112 Å². The molecule has 0 aliphatic heterocycles. The van der Waals surface area contributed by atoms with E-state index in [0.29, 0.717) is 23.2 Å². The average molecular weight is 381 g/mol. The van der Waals surface area contributed by atoms with Crippen LogP contribution in [0.15, 0.2) is 20.1 Å². The minimum Gasteiger partial charge on any atom is -0.461 e. The van der Waals surface area contributed by atoms with Crippen LogP contribution in [0.25, 0.3) is 11.2 Å². The minimum atomic E-state index is -0.447. The molecule has 11 heteroatoms. The summed E-state index contributed by atoms with van der Waals surface area (Å²) in [6, 6.07) is 0. The van der Waals surface area contributed by atoms with E-state index in [4.69, 9.17) is 4.74 Å². The SMILES string of the molecule is CCOC(=O)c1csc(CSc2nc3c([nH]2)c(=O)n(C)c(=O)n3C)n1. The van der Waals surface area contributed by atoms with Gasteiger partial charge < -0.3 is 9.72 Å². The molecule has 0 unspecified atom stereocenters. The van der Waals surface area contributed by atoms with Crippen molar-refractivity contribution in [3.05, 3.63) is 36.9 Å². The summed E-state index contributed by atoms with van der Waals surface area (Å²) in [6.45, 7) is 2.04. The second-order valence-corrected chi connectivity index (χ2v) is 6.99. The predicted molar refractivity (Wildman–Crippen MR) is 94.2 cm³/mol. The van der Waals surface area contributed by atoms with Gasteiger partial charge in [-0.25, -0.2) is 19.6 Å². The molecule has 0 aliphatic rings. The van der Waals surface area contributed by atoms with E-state index in [2.05, 4.69) is 15.0 Å². The van der Waals surface area contributed by atoms with Crippen molar-refractivity contribution in [2.45, 2.75) is 17.8 Å². The van der Waals surface area contributed by atoms with Crippen molar-refractivity contribution in [1.29, 1.82) is 0 Å². The molecule has 3 rings (SSSR count). The van der Waals surface area contributed by atoms with Gasteiger partial charge in [-0.15, -0.1) is 11.3 Å². The molecule has 0 bridgehead atoms. The number of carbonyl (C=O) groups excluding carboxylic acids is 1. The average Bonchev–Trinajstić information content (AvgIpc) is 3.23. The maximum absolute atomic E-state index is 12.1. The Labute approximate surface area is 149 Å². The maximum Gasteiger partial charge on any atom is 0.357 e. The molecule has 0 aromatic carbocycles. The van der Waals surface area contributed by atoms with E-state index in [0.717, 1.165) is 9.57 Å². The maximum atomic E-state index is 12.1. The molecule has 3 aromatic heterocycles. The molecule has 0 amide bonds. The van der Waals surface area contributed by atoms with Crippen molar-refractivity contribution in [3.8, 4) is 0 Å². The lowest BCUT2D eigenvalue weighted by molar-refractivity contribution is 0.0520. The number of nitrogens with one attached hydrogen (secondary N) is 1. The van der Waals surface area contributed by atoms with Crippen LogP contribution >= 0.6 is 23.1 Å². The van der Waals surface area contributed by atoms with Crippen LogP contribution in [0.3, 0.4) is 0 Å². The highest BCUT2D eigenvalue weighted by Crippen LogP contribution is 2.23. The summed E-state index contributed by atoms with van der Waals surface area (Å²) in [4.78, 5) is 47.1. The monoisotopic (exact) mass is 381 g/mol.